The standard InChI is InChI=1S/C26H32F10N2O3S/c1-22(40,21(39)38-19-11-10-18(17-37)20(16-19)24(29,30)31)12-8-6-4-2-3-5-7-9-14-42(41)15-13-23(27,28)25(32,33)26(34,35)36/h10-11,16,40H,2-9,12-15H2,1H3,(H,38,39). The van der Waals surface area contributed by atoms with Gasteiger partial charge in [-0.2, -0.15) is 49.2 Å². The Morgan fingerprint density at radius 2 is 1.38 bits per heavy atom. The van der Waals surface area contributed by atoms with Crippen LogP contribution in [0.15, 0.2) is 18.2 Å². The van der Waals surface area contributed by atoms with E-state index in [2.05, 4.69) is 5.32 Å². The average Bonchev–Trinajstić information content (AvgIpc) is 2.87. The molecule has 0 aliphatic rings. The van der Waals surface area contributed by atoms with Gasteiger partial charge < -0.3 is 10.4 Å². The number of rotatable bonds is 17. The summed E-state index contributed by atoms with van der Waals surface area (Å²) in [7, 11) is -1.97. The Balaban J connectivity index is 2.27. The zero-order valence-electron chi connectivity index (χ0n) is 22.6. The number of aliphatic hydroxyl groups is 1. The average molecular weight is 643 g/mol. The van der Waals surface area contributed by atoms with Crippen molar-refractivity contribution in [3.8, 4) is 6.07 Å². The molecule has 2 atom stereocenters. The first kappa shape index (κ1) is 37.6. The third kappa shape index (κ3) is 11.3. The predicted molar refractivity (Wildman–Crippen MR) is 135 cm³/mol. The second-order valence-corrected chi connectivity index (χ2v) is 11.7. The van der Waals surface area contributed by atoms with E-state index in [0.717, 1.165) is 31.4 Å². The van der Waals surface area contributed by atoms with Crippen molar-refractivity contribution in [1.29, 1.82) is 5.26 Å². The largest absolute Gasteiger partial charge is 0.459 e. The van der Waals surface area contributed by atoms with Crippen LogP contribution in [0.2, 0.25) is 0 Å². The van der Waals surface area contributed by atoms with Gasteiger partial charge in [-0.25, -0.2) is 0 Å². The number of amides is 1. The van der Waals surface area contributed by atoms with Crippen molar-refractivity contribution >= 4 is 22.4 Å². The van der Waals surface area contributed by atoms with Crippen molar-refractivity contribution in [1.82, 2.24) is 0 Å². The summed E-state index contributed by atoms with van der Waals surface area (Å²) in [6.45, 7) is 1.23. The Kier molecular flexibility index (Phi) is 13.8. The summed E-state index contributed by atoms with van der Waals surface area (Å²) < 4.78 is 140. The fraction of sp³-hybridized carbons (Fsp3) is 0.692. The molecule has 0 aliphatic heterocycles. The fourth-order valence-corrected chi connectivity index (χ4v) is 5.05. The molecule has 1 amide bonds. The molecule has 0 heterocycles. The van der Waals surface area contributed by atoms with Gasteiger partial charge in [0.2, 0.25) is 0 Å². The van der Waals surface area contributed by atoms with Crippen LogP contribution in [0.1, 0.15) is 82.3 Å². The van der Waals surface area contributed by atoms with Gasteiger partial charge in [0.25, 0.3) is 5.91 Å². The van der Waals surface area contributed by atoms with Crippen LogP contribution in [0.25, 0.3) is 0 Å². The van der Waals surface area contributed by atoms with Crippen molar-refractivity contribution in [3.63, 3.8) is 0 Å². The van der Waals surface area contributed by atoms with Crippen molar-refractivity contribution in [2.24, 2.45) is 0 Å². The molecule has 2 unspecified atom stereocenters. The lowest BCUT2D eigenvalue weighted by Crippen LogP contribution is -2.52. The molecule has 16 heteroatoms. The maximum Gasteiger partial charge on any atom is 0.459 e. The third-order valence-corrected chi connectivity index (χ3v) is 7.84. The SMILES string of the molecule is CC(O)(CCCCCCCCCCS(=O)CCC(F)(F)C(F)(F)C(F)(F)F)C(=O)Nc1ccc(C#N)c(C(F)(F)F)c1. The number of hydrogen-bond acceptors (Lipinski definition) is 4. The van der Waals surface area contributed by atoms with E-state index < -0.39 is 69.8 Å². The Bertz CT molecular complexity index is 1100. The molecule has 0 aliphatic carbocycles. The Hall–Kier alpha value is -2.41. The molecule has 0 aromatic heterocycles. The number of halogens is 10. The number of nitrogens with zero attached hydrogens (tertiary/aromatic N) is 1. The van der Waals surface area contributed by atoms with Gasteiger partial charge >= 0.3 is 24.2 Å². The summed E-state index contributed by atoms with van der Waals surface area (Å²) in [5.41, 5.74) is -3.92. The first-order valence-corrected chi connectivity index (χ1v) is 14.5. The van der Waals surface area contributed by atoms with E-state index >= 15 is 0 Å². The molecular formula is C26H32F10N2O3S. The quantitative estimate of drug-likeness (QED) is 0.134. The molecule has 1 aromatic rings. The van der Waals surface area contributed by atoms with Gasteiger partial charge in [-0.05, 0) is 38.0 Å². The number of hydrogen-bond donors (Lipinski definition) is 2. The Morgan fingerprint density at radius 1 is 0.857 bits per heavy atom. The number of carbonyl (C=O) groups is 1. The minimum atomic E-state index is -6.41. The van der Waals surface area contributed by atoms with E-state index in [1.807, 2.05) is 0 Å². The second-order valence-electron chi connectivity index (χ2n) is 10.1. The molecule has 1 aromatic carbocycles. The molecule has 0 saturated heterocycles. The van der Waals surface area contributed by atoms with Crippen LogP contribution in [0.3, 0.4) is 0 Å². The first-order chi connectivity index (χ1) is 19.2. The van der Waals surface area contributed by atoms with Crippen LogP contribution in [0, 0.1) is 11.3 Å². The minimum Gasteiger partial charge on any atom is -0.380 e. The first-order valence-electron chi connectivity index (χ1n) is 13.0. The third-order valence-electron chi connectivity index (χ3n) is 6.44. The monoisotopic (exact) mass is 642 g/mol. The molecule has 0 bridgehead atoms. The molecule has 42 heavy (non-hydrogen) atoms. The number of anilines is 1. The lowest BCUT2D eigenvalue weighted by Gasteiger charge is -2.27. The van der Waals surface area contributed by atoms with Gasteiger partial charge in [0.05, 0.1) is 17.2 Å². The zero-order valence-corrected chi connectivity index (χ0v) is 23.4. The maximum atomic E-state index is 13.3. The normalized spacial score (nSPS) is 15.1. The molecule has 5 nitrogen and oxygen atoms in total. The van der Waals surface area contributed by atoms with Gasteiger partial charge in [0.15, 0.2) is 0 Å². The van der Waals surface area contributed by atoms with Crippen molar-refractivity contribution in [2.75, 3.05) is 16.8 Å². The van der Waals surface area contributed by atoms with Gasteiger partial charge in [-0.15, -0.1) is 0 Å². The minimum absolute atomic E-state index is 0.0288. The molecule has 0 spiro atoms. The van der Waals surface area contributed by atoms with Crippen molar-refractivity contribution < 1.29 is 58.0 Å². The van der Waals surface area contributed by atoms with Crippen molar-refractivity contribution in [3.05, 3.63) is 29.3 Å². The number of nitrogens with one attached hydrogen (secondary N) is 1. The van der Waals surface area contributed by atoms with Crippen LogP contribution in [0.4, 0.5) is 49.6 Å². The molecule has 0 saturated carbocycles. The lowest BCUT2D eigenvalue weighted by molar-refractivity contribution is -0.354. The highest BCUT2D eigenvalue weighted by molar-refractivity contribution is 7.84. The molecule has 240 valence electrons. The summed E-state index contributed by atoms with van der Waals surface area (Å²) in [5.74, 6) is -13.6. The number of carbonyl (C=O) groups excluding carboxylic acids is 1. The zero-order chi connectivity index (χ0) is 32.4. The van der Waals surface area contributed by atoms with E-state index in [0.29, 0.717) is 38.2 Å². The van der Waals surface area contributed by atoms with Gasteiger partial charge in [0, 0.05) is 34.4 Å². The van der Waals surface area contributed by atoms with Gasteiger partial charge in [-0.1, -0.05) is 44.9 Å². The van der Waals surface area contributed by atoms with Crippen LogP contribution in [-0.4, -0.2) is 50.4 Å². The number of benzene rings is 1. The molecule has 0 fully saturated rings. The van der Waals surface area contributed by atoms with Crippen LogP contribution < -0.4 is 5.32 Å². The van der Waals surface area contributed by atoms with Gasteiger partial charge in [-0.3, -0.25) is 9.00 Å². The molecule has 2 N–H and O–H groups in total. The molecular weight excluding hydrogens is 610 g/mol. The number of alkyl halides is 10. The van der Waals surface area contributed by atoms with Crippen LogP contribution >= 0.6 is 0 Å². The summed E-state index contributed by atoms with van der Waals surface area (Å²) >= 11 is 0. The highest BCUT2D eigenvalue weighted by Crippen LogP contribution is 2.48. The Labute approximate surface area is 239 Å². The molecule has 1 rings (SSSR count). The van der Waals surface area contributed by atoms with Gasteiger partial charge in [0.1, 0.15) is 5.60 Å². The molecule has 0 radical (unpaired) electrons. The summed E-state index contributed by atoms with van der Waals surface area (Å²) in [5, 5.41) is 21.5. The van der Waals surface area contributed by atoms with E-state index in [1.165, 1.54) is 13.0 Å². The topological polar surface area (TPSA) is 90.2 Å². The smallest absolute Gasteiger partial charge is 0.380 e. The van der Waals surface area contributed by atoms with Crippen LogP contribution in [0.5, 0.6) is 0 Å². The second kappa shape index (κ2) is 15.4. The van der Waals surface area contributed by atoms with Crippen molar-refractivity contribution in [2.45, 2.75) is 101 Å². The summed E-state index contributed by atoms with van der Waals surface area (Å²) in [4.78, 5) is 12.4. The van der Waals surface area contributed by atoms with E-state index in [-0.39, 0.29) is 17.9 Å². The van der Waals surface area contributed by atoms with E-state index in [1.54, 1.807) is 0 Å². The summed E-state index contributed by atoms with van der Waals surface area (Å²) in [6.07, 6.45) is -8.25. The predicted octanol–water partition coefficient (Wildman–Crippen LogP) is 7.75. The number of nitriles is 1. The highest BCUT2D eigenvalue weighted by Gasteiger charge is 2.72. The van der Waals surface area contributed by atoms with Crippen LogP contribution in [-0.2, 0) is 21.8 Å². The fourth-order valence-electron chi connectivity index (χ4n) is 3.83. The highest BCUT2D eigenvalue weighted by atomic mass is 32.2. The maximum absolute atomic E-state index is 13.3. The number of unbranched alkanes of at least 4 members (excludes halogenated alkanes) is 7. The lowest BCUT2D eigenvalue weighted by atomic mass is 9.96. The van der Waals surface area contributed by atoms with E-state index in [9.17, 15) is 58.0 Å². The van der Waals surface area contributed by atoms with E-state index in [4.69, 9.17) is 5.26 Å². The Morgan fingerprint density at radius 3 is 1.88 bits per heavy atom. The summed E-state index contributed by atoms with van der Waals surface area (Å²) in [6, 6.07) is 4.08.